The molecule has 2 atom stereocenters. The molecule has 0 nitrogen and oxygen atoms in total. The van der Waals surface area contributed by atoms with E-state index in [1.54, 1.807) is 11.1 Å². The Bertz CT molecular complexity index is 1290. The Morgan fingerprint density at radius 2 is 1.03 bits per heavy atom. The summed E-state index contributed by atoms with van der Waals surface area (Å²) in [4.78, 5) is 0. The SMILES string of the molecule is C[C@H]1Cc2ccc3cc(Br)ccc3c2/C1=C1\c2c(ccc3cc(Br)ccc23)C[C@@H]1C. The standard InChI is InChI=1S/C28H22Br2/c1-15-11-19-5-3-17-13-21(29)7-9-23(17)27(19)25(15)26-16(2)12-20-6-4-18-14-22(30)8-10-24(18)28(20)26/h3-10,13-16H,11-12H2,1-2H3/b26-25-/t15-,16-/m0/s1. The van der Waals surface area contributed by atoms with Crippen LogP contribution in [0, 0.1) is 11.8 Å². The van der Waals surface area contributed by atoms with Crippen molar-refractivity contribution in [1.29, 1.82) is 0 Å². The van der Waals surface area contributed by atoms with E-state index in [9.17, 15) is 0 Å². The van der Waals surface area contributed by atoms with Crippen molar-refractivity contribution in [3.05, 3.63) is 91.9 Å². The van der Waals surface area contributed by atoms with Gasteiger partial charge in [0.2, 0.25) is 0 Å². The molecule has 4 aromatic carbocycles. The lowest BCUT2D eigenvalue weighted by Crippen LogP contribution is -2.01. The van der Waals surface area contributed by atoms with Crippen molar-refractivity contribution in [3.8, 4) is 0 Å². The van der Waals surface area contributed by atoms with Crippen LogP contribution in [0.2, 0.25) is 0 Å². The van der Waals surface area contributed by atoms with E-state index >= 15 is 0 Å². The van der Waals surface area contributed by atoms with Crippen molar-refractivity contribution in [2.24, 2.45) is 11.8 Å². The molecule has 0 unspecified atom stereocenters. The Morgan fingerprint density at radius 3 is 1.47 bits per heavy atom. The van der Waals surface area contributed by atoms with Crippen LogP contribution in [-0.2, 0) is 12.8 Å². The first-order valence-electron chi connectivity index (χ1n) is 10.7. The van der Waals surface area contributed by atoms with E-state index in [1.165, 1.54) is 43.8 Å². The van der Waals surface area contributed by atoms with Gasteiger partial charge in [0.05, 0.1) is 0 Å². The fourth-order valence-electron chi connectivity index (χ4n) is 5.82. The first kappa shape index (κ1) is 18.8. The van der Waals surface area contributed by atoms with Crippen LogP contribution in [0.15, 0.2) is 69.6 Å². The van der Waals surface area contributed by atoms with Crippen LogP contribution >= 0.6 is 31.9 Å². The molecule has 0 saturated heterocycles. The van der Waals surface area contributed by atoms with Gasteiger partial charge in [-0.2, -0.15) is 0 Å². The Labute approximate surface area is 194 Å². The second-order valence-corrected chi connectivity index (χ2v) is 10.8. The Hall–Kier alpha value is -1.90. The zero-order chi connectivity index (χ0) is 20.6. The summed E-state index contributed by atoms with van der Waals surface area (Å²) in [6, 6.07) is 22.8. The van der Waals surface area contributed by atoms with Gasteiger partial charge in [0.1, 0.15) is 0 Å². The van der Waals surface area contributed by atoms with E-state index in [2.05, 4.69) is 106 Å². The molecule has 0 amide bonds. The highest BCUT2D eigenvalue weighted by Crippen LogP contribution is 2.52. The van der Waals surface area contributed by atoms with Crippen molar-refractivity contribution in [3.63, 3.8) is 0 Å². The van der Waals surface area contributed by atoms with Crippen molar-refractivity contribution in [2.45, 2.75) is 26.7 Å². The summed E-state index contributed by atoms with van der Waals surface area (Å²) in [7, 11) is 0. The molecule has 0 radical (unpaired) electrons. The van der Waals surface area contributed by atoms with Crippen LogP contribution < -0.4 is 0 Å². The molecule has 0 N–H and O–H groups in total. The molecule has 0 saturated carbocycles. The summed E-state index contributed by atoms with van der Waals surface area (Å²) in [5.74, 6) is 1.09. The maximum Gasteiger partial charge on any atom is 0.0181 e. The van der Waals surface area contributed by atoms with Crippen molar-refractivity contribution in [2.75, 3.05) is 0 Å². The summed E-state index contributed by atoms with van der Waals surface area (Å²) >= 11 is 7.31. The van der Waals surface area contributed by atoms with Crippen molar-refractivity contribution in [1.82, 2.24) is 0 Å². The number of allylic oxidation sites excluding steroid dienone is 2. The van der Waals surface area contributed by atoms with Crippen LogP contribution in [0.1, 0.15) is 36.1 Å². The second-order valence-electron chi connectivity index (χ2n) is 8.97. The molecule has 148 valence electrons. The van der Waals surface area contributed by atoms with Crippen molar-refractivity contribution < 1.29 is 0 Å². The van der Waals surface area contributed by atoms with Crippen LogP contribution in [0.4, 0.5) is 0 Å². The monoisotopic (exact) mass is 516 g/mol. The number of hydrogen-bond donors (Lipinski definition) is 0. The molecule has 4 aromatic rings. The molecule has 0 aromatic heterocycles. The second kappa shape index (κ2) is 6.80. The molecule has 2 aliphatic rings. The third-order valence-electron chi connectivity index (χ3n) is 7.00. The van der Waals surface area contributed by atoms with Crippen LogP contribution in [0.5, 0.6) is 0 Å². The highest BCUT2D eigenvalue weighted by atomic mass is 79.9. The zero-order valence-electron chi connectivity index (χ0n) is 17.1. The van der Waals surface area contributed by atoms with Gasteiger partial charge in [0, 0.05) is 8.95 Å². The van der Waals surface area contributed by atoms with E-state index in [-0.39, 0.29) is 0 Å². The van der Waals surface area contributed by atoms with Gasteiger partial charge in [-0.15, -0.1) is 0 Å². The molecule has 2 aliphatic carbocycles. The maximum atomic E-state index is 3.65. The first-order chi connectivity index (χ1) is 14.5. The fraction of sp³-hybridized carbons (Fsp3) is 0.214. The predicted octanol–water partition coefficient (Wildman–Crippen LogP) is 8.81. The Morgan fingerprint density at radius 1 is 0.600 bits per heavy atom. The summed E-state index contributed by atoms with van der Waals surface area (Å²) in [5.41, 5.74) is 9.17. The molecule has 30 heavy (non-hydrogen) atoms. The molecule has 0 aliphatic heterocycles. The summed E-state index contributed by atoms with van der Waals surface area (Å²) in [5, 5.41) is 5.43. The lowest BCUT2D eigenvalue weighted by Gasteiger charge is -2.19. The van der Waals surface area contributed by atoms with E-state index in [0.29, 0.717) is 11.8 Å². The molecule has 0 fully saturated rings. The predicted molar refractivity (Wildman–Crippen MR) is 136 cm³/mol. The topological polar surface area (TPSA) is 0 Å². The van der Waals surface area contributed by atoms with Crippen LogP contribution in [0.3, 0.4) is 0 Å². The largest absolute Gasteiger partial charge is 0.0581 e. The minimum Gasteiger partial charge on any atom is -0.0581 e. The third kappa shape index (κ3) is 2.70. The average molecular weight is 518 g/mol. The fourth-order valence-corrected chi connectivity index (χ4v) is 6.58. The maximum absolute atomic E-state index is 3.65. The molecule has 0 spiro atoms. The third-order valence-corrected chi connectivity index (χ3v) is 7.99. The van der Waals surface area contributed by atoms with E-state index < -0.39 is 0 Å². The normalized spacial score (nSPS) is 22.7. The Kier molecular flexibility index (Phi) is 4.27. The first-order valence-corrected chi connectivity index (χ1v) is 12.3. The summed E-state index contributed by atoms with van der Waals surface area (Å²) < 4.78 is 2.29. The average Bonchev–Trinajstić information content (AvgIpc) is 3.22. The molecular weight excluding hydrogens is 496 g/mol. The van der Waals surface area contributed by atoms with Gasteiger partial charge < -0.3 is 0 Å². The highest BCUT2D eigenvalue weighted by Gasteiger charge is 2.34. The van der Waals surface area contributed by atoms with Gasteiger partial charge in [-0.25, -0.2) is 0 Å². The quantitative estimate of drug-likeness (QED) is 0.218. The number of halogens is 2. The van der Waals surface area contributed by atoms with E-state index in [4.69, 9.17) is 0 Å². The summed E-state index contributed by atoms with van der Waals surface area (Å²) in [6.45, 7) is 4.83. The van der Waals surface area contributed by atoms with Gasteiger partial charge in [-0.3, -0.25) is 0 Å². The Balaban J connectivity index is 1.72. The van der Waals surface area contributed by atoms with Gasteiger partial charge >= 0.3 is 0 Å². The van der Waals surface area contributed by atoms with Gasteiger partial charge in [0.15, 0.2) is 0 Å². The molecular formula is C28H22Br2. The minimum absolute atomic E-state index is 0.545. The number of rotatable bonds is 0. The summed E-state index contributed by atoms with van der Waals surface area (Å²) in [6.07, 6.45) is 2.27. The number of benzene rings is 4. The van der Waals surface area contributed by atoms with Crippen LogP contribution in [0.25, 0.3) is 32.7 Å². The lowest BCUT2D eigenvalue weighted by atomic mass is 9.85. The number of fused-ring (bicyclic) bond motifs is 6. The number of hydrogen-bond acceptors (Lipinski definition) is 0. The molecule has 6 rings (SSSR count). The van der Waals surface area contributed by atoms with Crippen LogP contribution in [-0.4, -0.2) is 0 Å². The molecule has 0 bridgehead atoms. The van der Waals surface area contributed by atoms with Gasteiger partial charge in [-0.1, -0.05) is 82.1 Å². The zero-order valence-corrected chi connectivity index (χ0v) is 20.3. The molecule has 0 heterocycles. The van der Waals surface area contributed by atoms with E-state index in [0.717, 1.165) is 21.8 Å². The molecule has 2 heteroatoms. The highest BCUT2D eigenvalue weighted by molar-refractivity contribution is 9.10. The van der Waals surface area contributed by atoms with Gasteiger partial charge in [0.25, 0.3) is 0 Å². The lowest BCUT2D eigenvalue weighted by molar-refractivity contribution is 0.754. The smallest absolute Gasteiger partial charge is 0.0181 e. The minimum atomic E-state index is 0.545. The van der Waals surface area contributed by atoms with Gasteiger partial charge in [-0.05, 0) is 104 Å². The van der Waals surface area contributed by atoms with Crippen molar-refractivity contribution >= 4 is 64.6 Å². The van der Waals surface area contributed by atoms with E-state index in [1.807, 2.05) is 0 Å².